The molecule has 0 radical (unpaired) electrons. The SMILES string of the molecule is CCn1cc(C(=O)O)c(=O)c2cc(F)c(N3CCN(C(=O)OCc4ccc(NC(=O)[C@H](CCCNC(N)=O)N/C=C(\N)[C@H](Cc5ccccc5)NC(=O)OCc5ccccc5)cc4)CC3)cc21. The third-order valence-corrected chi connectivity index (χ3v) is 11.1. The average Bonchev–Trinajstić information content (AvgIpc) is 3.33. The first-order valence-corrected chi connectivity index (χ1v) is 21.7. The maximum absolute atomic E-state index is 15.4. The number of carboxylic acids is 1. The molecule has 1 saturated heterocycles. The lowest BCUT2D eigenvalue weighted by Crippen LogP contribution is -2.49. The highest BCUT2D eigenvalue weighted by Crippen LogP contribution is 2.27. The molecule has 0 unspecified atom stereocenters. The van der Waals surface area contributed by atoms with Gasteiger partial charge in [-0.05, 0) is 67.1 Å². The summed E-state index contributed by atoms with van der Waals surface area (Å²) in [4.78, 5) is 78.6. The lowest BCUT2D eigenvalue weighted by molar-refractivity contribution is -0.118. The van der Waals surface area contributed by atoms with Crippen molar-refractivity contribution in [3.05, 3.63) is 153 Å². The number of hydrogen-bond acceptors (Lipinski definition) is 11. The Morgan fingerprint density at radius 3 is 2.12 bits per heavy atom. The summed E-state index contributed by atoms with van der Waals surface area (Å²) < 4.78 is 28.0. The number of amides is 5. The van der Waals surface area contributed by atoms with Gasteiger partial charge in [-0.25, -0.2) is 23.6 Å². The molecule has 352 valence electrons. The third kappa shape index (κ3) is 13.5. The number of nitrogens with zero attached hydrogens (tertiary/aromatic N) is 3. The van der Waals surface area contributed by atoms with Crippen molar-refractivity contribution < 1.29 is 42.9 Å². The number of nitrogens with one attached hydrogen (secondary N) is 4. The van der Waals surface area contributed by atoms with Gasteiger partial charge in [-0.1, -0.05) is 72.8 Å². The summed E-state index contributed by atoms with van der Waals surface area (Å²) in [6.45, 7) is 3.41. The lowest BCUT2D eigenvalue weighted by Gasteiger charge is -2.35. The van der Waals surface area contributed by atoms with Crippen molar-refractivity contribution in [3.8, 4) is 0 Å². The summed E-state index contributed by atoms with van der Waals surface area (Å²) in [6.07, 6.45) is 2.48. The number of hydrogen-bond donors (Lipinski definition) is 7. The summed E-state index contributed by atoms with van der Waals surface area (Å²) in [6, 6.07) is 25.8. The van der Waals surface area contributed by atoms with Crippen molar-refractivity contribution in [3.63, 3.8) is 0 Å². The molecule has 19 heteroatoms. The van der Waals surface area contributed by atoms with Crippen LogP contribution in [0.3, 0.4) is 0 Å². The van der Waals surface area contributed by atoms with Gasteiger partial charge in [0.15, 0.2) is 0 Å². The van der Waals surface area contributed by atoms with Gasteiger partial charge in [0.1, 0.15) is 30.6 Å². The summed E-state index contributed by atoms with van der Waals surface area (Å²) in [5, 5.41) is 20.7. The number of carboxylic acid groups (broad SMARTS) is 1. The van der Waals surface area contributed by atoms with E-state index in [1.165, 1.54) is 23.4 Å². The smallest absolute Gasteiger partial charge is 0.410 e. The van der Waals surface area contributed by atoms with Crippen LogP contribution in [0.25, 0.3) is 10.9 Å². The van der Waals surface area contributed by atoms with Gasteiger partial charge in [0, 0.05) is 68.4 Å². The molecule has 1 aliphatic heterocycles. The topological polar surface area (TPSA) is 253 Å². The number of carbonyl (C=O) groups excluding carboxylic acids is 4. The van der Waals surface area contributed by atoms with Crippen LogP contribution in [0.4, 0.5) is 30.1 Å². The van der Waals surface area contributed by atoms with Crippen LogP contribution in [0.5, 0.6) is 0 Å². The third-order valence-electron chi connectivity index (χ3n) is 11.1. The van der Waals surface area contributed by atoms with Crippen LogP contribution < -0.4 is 43.1 Å². The molecule has 0 spiro atoms. The maximum atomic E-state index is 15.4. The zero-order valence-electron chi connectivity index (χ0n) is 36.9. The zero-order chi connectivity index (χ0) is 47.9. The highest BCUT2D eigenvalue weighted by atomic mass is 19.1. The number of anilines is 2. The molecule has 2 heterocycles. The minimum Gasteiger partial charge on any atom is -0.477 e. The standard InChI is InChI=1S/C48H54FN9O9/c1-2-56-28-36(45(61)62)43(59)35-25-37(49)42(26-41(35)56)57-20-22-58(23-21-57)48(65)67-30-33-15-17-34(18-16-33)54-44(60)39(14-9-19-52-46(51)63)53-27-38(50)40(24-31-10-5-3-6-11-31)55-47(64)66-29-32-12-7-4-8-13-32/h3-8,10-13,15-18,25-28,39-40,53H,2,9,14,19-24,29-30,50H2,1H3,(H,54,60)(H,55,64)(H,61,62)(H3,51,52,63)/b38-27-/t39-,40-/m0/s1. The van der Waals surface area contributed by atoms with Crippen LogP contribution in [0.1, 0.15) is 46.8 Å². The van der Waals surface area contributed by atoms with E-state index in [1.807, 2.05) is 60.7 Å². The number of alkyl carbamates (subject to hydrolysis) is 1. The molecule has 0 saturated carbocycles. The second-order valence-corrected chi connectivity index (χ2v) is 15.7. The first-order valence-electron chi connectivity index (χ1n) is 21.7. The van der Waals surface area contributed by atoms with E-state index in [9.17, 15) is 33.9 Å². The number of carbonyl (C=O) groups is 5. The number of urea groups is 1. The van der Waals surface area contributed by atoms with Crippen molar-refractivity contribution in [1.29, 1.82) is 0 Å². The van der Waals surface area contributed by atoms with Crippen LogP contribution in [-0.2, 0) is 40.4 Å². The van der Waals surface area contributed by atoms with Gasteiger partial charge >= 0.3 is 24.2 Å². The summed E-state index contributed by atoms with van der Waals surface area (Å²) in [7, 11) is 0. The largest absolute Gasteiger partial charge is 0.477 e. The van der Waals surface area contributed by atoms with E-state index in [2.05, 4.69) is 21.3 Å². The number of nitrogens with two attached hydrogens (primary N) is 2. The number of aromatic nitrogens is 1. The van der Waals surface area contributed by atoms with Crippen LogP contribution in [0.15, 0.2) is 120 Å². The molecule has 4 aromatic carbocycles. The fourth-order valence-corrected chi connectivity index (χ4v) is 7.45. The van der Waals surface area contributed by atoms with Gasteiger partial charge in [0.2, 0.25) is 11.3 Å². The van der Waals surface area contributed by atoms with E-state index < -0.39 is 59.0 Å². The number of aryl methyl sites for hydroxylation is 1. The molecule has 0 bridgehead atoms. The fraction of sp³-hybridized carbons (Fsp3) is 0.292. The molecule has 18 nitrogen and oxygen atoms in total. The first-order chi connectivity index (χ1) is 32.3. The number of benzene rings is 4. The van der Waals surface area contributed by atoms with Crippen molar-refractivity contribution in [2.45, 2.75) is 58.0 Å². The quantitative estimate of drug-likeness (QED) is 0.0541. The van der Waals surface area contributed by atoms with E-state index in [0.717, 1.165) is 17.2 Å². The number of primary amides is 1. The van der Waals surface area contributed by atoms with E-state index >= 15 is 4.39 Å². The summed E-state index contributed by atoms with van der Waals surface area (Å²) in [5.74, 6) is -2.47. The molecule has 1 aromatic heterocycles. The van der Waals surface area contributed by atoms with Crippen LogP contribution in [-0.4, -0.2) is 89.5 Å². The number of pyridine rings is 1. The highest BCUT2D eigenvalue weighted by Gasteiger charge is 2.26. The molecular weight excluding hydrogens is 866 g/mol. The normalized spacial score (nSPS) is 13.6. The van der Waals surface area contributed by atoms with E-state index in [0.29, 0.717) is 36.2 Å². The Bertz CT molecular complexity index is 2620. The Labute approximate surface area is 385 Å². The van der Waals surface area contributed by atoms with Crippen molar-refractivity contribution in [2.24, 2.45) is 11.5 Å². The highest BCUT2D eigenvalue weighted by molar-refractivity contribution is 5.95. The Morgan fingerprint density at radius 2 is 1.48 bits per heavy atom. The molecule has 5 amide bonds. The van der Waals surface area contributed by atoms with E-state index in [1.54, 1.807) is 40.7 Å². The van der Waals surface area contributed by atoms with Crippen molar-refractivity contribution in [2.75, 3.05) is 42.9 Å². The van der Waals surface area contributed by atoms with Crippen LogP contribution in [0.2, 0.25) is 0 Å². The molecule has 67 heavy (non-hydrogen) atoms. The minimum atomic E-state index is -1.39. The number of piperazine rings is 1. The van der Waals surface area contributed by atoms with Crippen LogP contribution in [0, 0.1) is 5.82 Å². The van der Waals surface area contributed by atoms with Crippen LogP contribution >= 0.6 is 0 Å². The first kappa shape index (κ1) is 48.4. The summed E-state index contributed by atoms with van der Waals surface area (Å²) >= 11 is 0. The number of fused-ring (bicyclic) bond motifs is 1. The lowest BCUT2D eigenvalue weighted by atomic mass is 10.0. The minimum absolute atomic E-state index is 0.0264. The molecule has 9 N–H and O–H groups in total. The molecule has 2 atom stereocenters. The predicted octanol–water partition coefficient (Wildman–Crippen LogP) is 5.00. The van der Waals surface area contributed by atoms with Gasteiger partial charge in [-0.15, -0.1) is 0 Å². The van der Waals surface area contributed by atoms with Crippen molar-refractivity contribution in [1.82, 2.24) is 25.4 Å². The Balaban J connectivity index is 1.03. The van der Waals surface area contributed by atoms with Gasteiger partial charge < -0.3 is 61.7 Å². The number of aromatic carboxylic acids is 1. The van der Waals surface area contributed by atoms with Gasteiger partial charge in [0.25, 0.3) is 0 Å². The second kappa shape index (κ2) is 23.2. The Kier molecular flexibility index (Phi) is 16.7. The monoisotopic (exact) mass is 919 g/mol. The van der Waals surface area contributed by atoms with Gasteiger partial charge in [0.05, 0.1) is 17.2 Å². The zero-order valence-corrected chi connectivity index (χ0v) is 36.9. The summed E-state index contributed by atoms with van der Waals surface area (Å²) in [5.41, 5.74) is 14.3. The van der Waals surface area contributed by atoms with Gasteiger partial charge in [-0.2, -0.15) is 0 Å². The molecule has 0 aliphatic carbocycles. The van der Waals surface area contributed by atoms with Crippen molar-refractivity contribution >= 4 is 52.4 Å². The van der Waals surface area contributed by atoms with E-state index in [4.69, 9.17) is 20.9 Å². The molecule has 5 aromatic rings. The Hall–Kier alpha value is -8.09. The average molecular weight is 920 g/mol. The molecule has 1 fully saturated rings. The fourth-order valence-electron chi connectivity index (χ4n) is 7.45. The van der Waals surface area contributed by atoms with Gasteiger partial charge in [-0.3, -0.25) is 9.59 Å². The molecular formula is C48H54FN9O9. The number of halogens is 1. The second-order valence-electron chi connectivity index (χ2n) is 15.7. The number of rotatable bonds is 19. The predicted molar refractivity (Wildman–Crippen MR) is 250 cm³/mol. The number of ether oxygens (including phenoxy) is 2. The maximum Gasteiger partial charge on any atom is 0.410 e. The van der Waals surface area contributed by atoms with E-state index in [-0.39, 0.29) is 69.1 Å². The Morgan fingerprint density at radius 1 is 0.836 bits per heavy atom. The molecule has 6 rings (SSSR count). The molecule has 1 aliphatic rings.